The van der Waals surface area contributed by atoms with E-state index in [0.29, 0.717) is 19.1 Å². The summed E-state index contributed by atoms with van der Waals surface area (Å²) in [5.74, 6) is -0.386. The predicted molar refractivity (Wildman–Crippen MR) is 40.0 cm³/mol. The monoisotopic (exact) mass is 160 g/mol. The molecule has 1 amide bonds. The number of rotatable bonds is 2. The molecule has 11 heavy (non-hydrogen) atoms. The number of likely N-dealkylation sites (N-methyl/N-ethyl adjacent to an activating group) is 1. The summed E-state index contributed by atoms with van der Waals surface area (Å²) in [6.07, 6.45) is 0.933. The van der Waals surface area contributed by atoms with Crippen LogP contribution in [0.2, 0.25) is 0 Å². The minimum atomic E-state index is -0.865. The predicted octanol–water partition coefficient (Wildman–Crippen LogP) is -0.224. The van der Waals surface area contributed by atoms with Crippen molar-refractivity contribution in [3.8, 4) is 0 Å². The van der Waals surface area contributed by atoms with Crippen LogP contribution in [0.15, 0.2) is 0 Å². The molecule has 0 radical (unpaired) electrons. The zero-order valence-electron chi connectivity index (χ0n) is 6.64. The van der Waals surface area contributed by atoms with Crippen molar-refractivity contribution >= 4 is 5.91 Å². The molecule has 1 atom stereocenters. The molecular formula is C7H13FN2O. The van der Waals surface area contributed by atoms with Crippen LogP contribution < -0.4 is 5.32 Å². The van der Waals surface area contributed by atoms with Crippen LogP contribution in [0.5, 0.6) is 0 Å². The van der Waals surface area contributed by atoms with E-state index in [1.54, 1.807) is 4.90 Å². The maximum absolute atomic E-state index is 11.9. The van der Waals surface area contributed by atoms with Gasteiger partial charge in [-0.15, -0.1) is 0 Å². The number of alkyl halides is 1. The van der Waals surface area contributed by atoms with E-state index >= 15 is 0 Å². The molecule has 0 saturated carbocycles. The Bertz CT molecular complexity index is 151. The number of likely N-dealkylation sites (tertiary alicyclic amines) is 1. The molecule has 1 aliphatic heterocycles. The molecule has 1 fully saturated rings. The third-order valence-corrected chi connectivity index (χ3v) is 2.06. The number of nitrogens with one attached hydrogen (secondary N) is 1. The molecule has 3 nitrogen and oxygen atoms in total. The molecule has 0 aromatic heterocycles. The van der Waals surface area contributed by atoms with E-state index in [1.807, 2.05) is 7.05 Å². The van der Waals surface area contributed by atoms with Gasteiger partial charge in [-0.3, -0.25) is 4.79 Å². The number of carbonyl (C=O) groups is 1. The number of hydrogen-bond donors (Lipinski definition) is 1. The first-order chi connectivity index (χ1) is 5.27. The van der Waals surface area contributed by atoms with Gasteiger partial charge >= 0.3 is 0 Å². The third kappa shape index (κ3) is 1.89. The highest BCUT2D eigenvalue weighted by atomic mass is 19.1. The van der Waals surface area contributed by atoms with Crippen molar-refractivity contribution < 1.29 is 9.18 Å². The third-order valence-electron chi connectivity index (χ3n) is 2.06. The molecule has 0 aliphatic carbocycles. The molecule has 1 N–H and O–H groups in total. The Balaban J connectivity index is 2.35. The van der Waals surface area contributed by atoms with Crippen LogP contribution in [-0.2, 0) is 4.79 Å². The second-order valence-electron chi connectivity index (χ2n) is 2.75. The second kappa shape index (κ2) is 3.67. The number of halogens is 1. The van der Waals surface area contributed by atoms with E-state index in [4.69, 9.17) is 0 Å². The Kier molecular flexibility index (Phi) is 2.82. The molecule has 0 spiro atoms. The van der Waals surface area contributed by atoms with Crippen LogP contribution >= 0.6 is 0 Å². The van der Waals surface area contributed by atoms with Crippen LogP contribution in [0.4, 0.5) is 4.39 Å². The van der Waals surface area contributed by atoms with Gasteiger partial charge in [0.25, 0.3) is 5.91 Å². The van der Waals surface area contributed by atoms with Gasteiger partial charge < -0.3 is 10.2 Å². The van der Waals surface area contributed by atoms with E-state index in [9.17, 15) is 9.18 Å². The summed E-state index contributed by atoms with van der Waals surface area (Å²) in [6, 6.07) is 0.352. The summed E-state index contributed by atoms with van der Waals surface area (Å²) in [5.41, 5.74) is 0. The number of hydrogen-bond acceptors (Lipinski definition) is 2. The largest absolute Gasteiger partial charge is 0.339 e. The average molecular weight is 160 g/mol. The van der Waals surface area contributed by atoms with Gasteiger partial charge in [0.1, 0.15) is 0 Å². The molecule has 1 rings (SSSR count). The Morgan fingerprint density at radius 2 is 2.55 bits per heavy atom. The summed E-state index contributed by atoms with van der Waals surface area (Å²) in [7, 11) is 1.86. The topological polar surface area (TPSA) is 32.3 Å². The summed E-state index contributed by atoms with van der Waals surface area (Å²) in [5, 5.41) is 3.06. The minimum absolute atomic E-state index is 0.352. The lowest BCUT2D eigenvalue weighted by Crippen LogP contribution is -2.34. The van der Waals surface area contributed by atoms with E-state index in [-0.39, 0.29) is 5.91 Å². The molecule has 0 aromatic rings. The van der Waals surface area contributed by atoms with Gasteiger partial charge in [-0.05, 0) is 13.5 Å². The Labute approximate surface area is 65.6 Å². The van der Waals surface area contributed by atoms with Crippen LogP contribution in [0.1, 0.15) is 6.42 Å². The van der Waals surface area contributed by atoms with Crippen molar-refractivity contribution in [2.45, 2.75) is 12.5 Å². The standard InChI is InChI=1S/C7H13FN2O/c1-9-6-2-3-10(5-6)7(11)4-8/h6,9H,2-5H2,1H3. The highest BCUT2D eigenvalue weighted by Crippen LogP contribution is 2.08. The summed E-state index contributed by atoms with van der Waals surface area (Å²) >= 11 is 0. The van der Waals surface area contributed by atoms with Crippen molar-refractivity contribution in [3.05, 3.63) is 0 Å². The van der Waals surface area contributed by atoms with Gasteiger partial charge in [-0.2, -0.15) is 0 Å². The van der Waals surface area contributed by atoms with Crippen LogP contribution in [0, 0.1) is 0 Å². The molecule has 1 heterocycles. The van der Waals surface area contributed by atoms with E-state index in [2.05, 4.69) is 5.32 Å². The van der Waals surface area contributed by atoms with E-state index in [0.717, 1.165) is 6.42 Å². The highest BCUT2D eigenvalue weighted by molar-refractivity contribution is 5.77. The molecule has 1 unspecified atom stereocenters. The smallest absolute Gasteiger partial charge is 0.254 e. The lowest BCUT2D eigenvalue weighted by Gasteiger charge is -2.13. The van der Waals surface area contributed by atoms with Gasteiger partial charge in [0.05, 0.1) is 0 Å². The average Bonchev–Trinajstić information content (AvgIpc) is 2.50. The van der Waals surface area contributed by atoms with Crippen LogP contribution in [0.3, 0.4) is 0 Å². The van der Waals surface area contributed by atoms with Crippen molar-refractivity contribution in [3.63, 3.8) is 0 Å². The van der Waals surface area contributed by atoms with Crippen LogP contribution in [0.25, 0.3) is 0 Å². The van der Waals surface area contributed by atoms with E-state index in [1.165, 1.54) is 0 Å². The lowest BCUT2D eigenvalue weighted by atomic mass is 10.3. The molecule has 0 bridgehead atoms. The fourth-order valence-corrected chi connectivity index (χ4v) is 1.31. The lowest BCUT2D eigenvalue weighted by molar-refractivity contribution is -0.131. The van der Waals surface area contributed by atoms with Crippen molar-refractivity contribution in [2.24, 2.45) is 0 Å². The maximum atomic E-state index is 11.9. The van der Waals surface area contributed by atoms with Gasteiger partial charge in [0.15, 0.2) is 6.67 Å². The number of amides is 1. The Hall–Kier alpha value is -0.640. The second-order valence-corrected chi connectivity index (χ2v) is 2.75. The first kappa shape index (κ1) is 8.46. The van der Waals surface area contributed by atoms with E-state index < -0.39 is 6.67 Å². The SMILES string of the molecule is CNC1CCN(C(=O)CF)C1. The minimum Gasteiger partial charge on any atom is -0.339 e. The normalized spacial score (nSPS) is 24.2. The van der Waals surface area contributed by atoms with Crippen molar-refractivity contribution in [2.75, 3.05) is 26.8 Å². The van der Waals surface area contributed by atoms with Gasteiger partial charge in [0, 0.05) is 19.1 Å². The summed E-state index contributed by atoms with van der Waals surface area (Å²) < 4.78 is 11.9. The summed E-state index contributed by atoms with van der Waals surface area (Å²) in [6.45, 7) is 0.476. The molecule has 4 heteroatoms. The Morgan fingerprint density at radius 3 is 3.00 bits per heavy atom. The maximum Gasteiger partial charge on any atom is 0.254 e. The fourth-order valence-electron chi connectivity index (χ4n) is 1.31. The van der Waals surface area contributed by atoms with Gasteiger partial charge in [-0.1, -0.05) is 0 Å². The van der Waals surface area contributed by atoms with Gasteiger partial charge in [-0.25, -0.2) is 4.39 Å². The highest BCUT2D eigenvalue weighted by Gasteiger charge is 2.24. The van der Waals surface area contributed by atoms with Crippen molar-refractivity contribution in [1.29, 1.82) is 0 Å². The van der Waals surface area contributed by atoms with Gasteiger partial charge in [0.2, 0.25) is 0 Å². The molecule has 1 aliphatic rings. The quantitative estimate of drug-likeness (QED) is 0.605. The fraction of sp³-hybridized carbons (Fsp3) is 0.857. The van der Waals surface area contributed by atoms with Crippen molar-refractivity contribution in [1.82, 2.24) is 10.2 Å². The molecule has 64 valence electrons. The molecule has 1 saturated heterocycles. The first-order valence-electron chi connectivity index (χ1n) is 3.79. The number of carbonyl (C=O) groups excluding carboxylic acids is 1. The Morgan fingerprint density at radius 1 is 1.82 bits per heavy atom. The van der Waals surface area contributed by atoms with Crippen LogP contribution in [-0.4, -0.2) is 43.7 Å². The zero-order valence-corrected chi connectivity index (χ0v) is 6.64. The molecular weight excluding hydrogens is 147 g/mol. The number of nitrogens with zero attached hydrogens (tertiary/aromatic N) is 1. The first-order valence-corrected chi connectivity index (χ1v) is 3.79. The molecule has 0 aromatic carbocycles. The summed E-state index contributed by atoms with van der Waals surface area (Å²) in [4.78, 5) is 12.4. The zero-order chi connectivity index (χ0) is 8.27.